The molecular formula is C36H52N4O4Si. The van der Waals surface area contributed by atoms with E-state index in [1.165, 1.54) is 5.56 Å². The molecule has 0 N–H and O–H groups in total. The van der Waals surface area contributed by atoms with Crippen LogP contribution in [-0.2, 0) is 27.4 Å². The third-order valence-corrected chi connectivity index (χ3v) is 13.5. The Hall–Kier alpha value is -2.98. The van der Waals surface area contributed by atoms with Gasteiger partial charge in [0.2, 0.25) is 8.32 Å². The summed E-state index contributed by atoms with van der Waals surface area (Å²) in [5.74, 6) is 1.21. The minimum absolute atomic E-state index is 0.0548. The zero-order valence-corrected chi connectivity index (χ0v) is 29.3. The highest BCUT2D eigenvalue weighted by molar-refractivity contribution is 6.74. The Kier molecular flexibility index (Phi) is 10.8. The molecule has 4 aromatic rings. The number of rotatable bonds is 14. The highest BCUT2D eigenvalue weighted by Crippen LogP contribution is 2.40. The van der Waals surface area contributed by atoms with Crippen LogP contribution < -0.4 is 4.43 Å². The van der Waals surface area contributed by atoms with Crippen molar-refractivity contribution in [3.05, 3.63) is 66.5 Å². The van der Waals surface area contributed by atoms with Crippen molar-refractivity contribution in [2.45, 2.75) is 104 Å². The van der Waals surface area contributed by atoms with Gasteiger partial charge in [0.15, 0.2) is 6.23 Å². The van der Waals surface area contributed by atoms with Crippen molar-refractivity contribution < 1.29 is 18.6 Å². The summed E-state index contributed by atoms with van der Waals surface area (Å²) in [7, 11) is -2.00. The summed E-state index contributed by atoms with van der Waals surface area (Å²) in [5, 5.41) is 11.0. The minimum Gasteiger partial charge on any atom is -0.543 e. The second-order valence-corrected chi connectivity index (χ2v) is 18.9. The van der Waals surface area contributed by atoms with E-state index >= 15 is 0 Å². The predicted octanol–water partition coefficient (Wildman–Crippen LogP) is 8.63. The molecule has 2 aromatic heterocycles. The highest BCUT2D eigenvalue weighted by Gasteiger charge is 2.39. The molecule has 9 heteroatoms. The SMILES string of the molecule is C[C@@H](COCC[C@@H](C)OCc1ccccc1)Cn1cc(-c2nn([C@H]3CCCCO3)c3ccc(O[Si](C)(C)C(C)(C)C)cc23)cn1. The summed E-state index contributed by atoms with van der Waals surface area (Å²) >= 11 is 0. The molecule has 45 heavy (non-hydrogen) atoms. The summed E-state index contributed by atoms with van der Waals surface area (Å²) in [5.41, 5.74) is 4.17. The first-order chi connectivity index (χ1) is 21.5. The van der Waals surface area contributed by atoms with E-state index in [9.17, 15) is 0 Å². The Morgan fingerprint density at radius 1 is 1.07 bits per heavy atom. The number of benzene rings is 2. The standard InChI is InChI=1S/C36H52N4O4Si/c1-27(25-41-20-18-28(2)43-26-29-13-9-8-10-14-29)23-39-24-30(22-37-39)35-32-21-31(44-45(6,7)36(3,4)5)16-17-33(32)40(38-35)34-15-11-12-19-42-34/h8-10,13-14,16-17,21-22,24,27-28,34H,11-12,15,18-20,23,25-26H2,1-7H3/t27-,28-,34-/m1/s1. The molecule has 1 aliphatic rings. The summed E-state index contributed by atoms with van der Waals surface area (Å²) in [6.45, 7) is 19.2. The van der Waals surface area contributed by atoms with Gasteiger partial charge >= 0.3 is 0 Å². The highest BCUT2D eigenvalue weighted by atomic mass is 28.4. The van der Waals surface area contributed by atoms with Crippen LogP contribution in [0.4, 0.5) is 0 Å². The molecule has 1 aliphatic heterocycles. The van der Waals surface area contributed by atoms with Gasteiger partial charge in [-0.05, 0) is 80.4 Å². The maximum atomic E-state index is 6.70. The molecule has 0 aliphatic carbocycles. The lowest BCUT2D eigenvalue weighted by Crippen LogP contribution is -2.43. The van der Waals surface area contributed by atoms with Gasteiger partial charge in [0.25, 0.3) is 0 Å². The summed E-state index contributed by atoms with van der Waals surface area (Å²) in [6.07, 6.45) is 8.20. The molecule has 0 saturated carbocycles. The first kappa shape index (κ1) is 33.4. The lowest BCUT2D eigenvalue weighted by molar-refractivity contribution is -0.0365. The molecule has 0 unspecified atom stereocenters. The number of nitrogens with zero attached hydrogens (tertiary/aromatic N) is 4. The van der Waals surface area contributed by atoms with E-state index in [0.717, 1.165) is 66.7 Å². The van der Waals surface area contributed by atoms with Crippen LogP contribution in [-0.4, -0.2) is 53.8 Å². The molecular weight excluding hydrogens is 581 g/mol. The Balaban J connectivity index is 1.23. The third kappa shape index (κ3) is 8.64. The van der Waals surface area contributed by atoms with Crippen molar-refractivity contribution in [3.63, 3.8) is 0 Å². The van der Waals surface area contributed by atoms with E-state index in [0.29, 0.717) is 25.7 Å². The molecule has 5 rings (SSSR count). The monoisotopic (exact) mass is 632 g/mol. The van der Waals surface area contributed by atoms with Gasteiger partial charge < -0.3 is 18.6 Å². The Morgan fingerprint density at radius 3 is 2.60 bits per heavy atom. The van der Waals surface area contributed by atoms with E-state index in [2.05, 4.69) is 88.9 Å². The largest absolute Gasteiger partial charge is 0.543 e. The van der Waals surface area contributed by atoms with E-state index in [1.54, 1.807) is 0 Å². The molecule has 3 heterocycles. The Bertz CT molecular complexity index is 1500. The maximum absolute atomic E-state index is 6.70. The predicted molar refractivity (Wildman–Crippen MR) is 183 cm³/mol. The average molecular weight is 633 g/mol. The number of hydrogen-bond acceptors (Lipinski definition) is 6. The van der Waals surface area contributed by atoms with Crippen LogP contribution in [0.3, 0.4) is 0 Å². The van der Waals surface area contributed by atoms with Crippen LogP contribution >= 0.6 is 0 Å². The van der Waals surface area contributed by atoms with Crippen LogP contribution in [0.2, 0.25) is 18.1 Å². The van der Waals surface area contributed by atoms with Gasteiger partial charge in [-0.25, -0.2) is 4.68 Å². The van der Waals surface area contributed by atoms with Crippen molar-refractivity contribution in [1.82, 2.24) is 19.6 Å². The zero-order valence-electron chi connectivity index (χ0n) is 28.3. The molecule has 3 atom stereocenters. The van der Waals surface area contributed by atoms with Gasteiger partial charge in [-0.2, -0.15) is 10.2 Å². The molecule has 244 valence electrons. The van der Waals surface area contributed by atoms with Crippen molar-refractivity contribution in [1.29, 1.82) is 0 Å². The third-order valence-electron chi connectivity index (χ3n) is 9.14. The van der Waals surface area contributed by atoms with Crippen LogP contribution in [0.5, 0.6) is 5.75 Å². The molecule has 2 aromatic carbocycles. The lowest BCUT2D eigenvalue weighted by atomic mass is 10.1. The van der Waals surface area contributed by atoms with Crippen LogP contribution in [0.15, 0.2) is 60.9 Å². The number of aromatic nitrogens is 4. The van der Waals surface area contributed by atoms with E-state index in [4.69, 9.17) is 28.8 Å². The van der Waals surface area contributed by atoms with Crippen LogP contribution in [0, 0.1) is 5.92 Å². The molecule has 0 radical (unpaired) electrons. The first-order valence-corrected chi connectivity index (χ1v) is 19.5. The number of hydrogen-bond donors (Lipinski definition) is 0. The van der Waals surface area contributed by atoms with Gasteiger partial charge in [0.1, 0.15) is 11.4 Å². The van der Waals surface area contributed by atoms with Crippen LogP contribution in [0.25, 0.3) is 22.2 Å². The van der Waals surface area contributed by atoms with E-state index < -0.39 is 8.32 Å². The molecule has 1 fully saturated rings. The fourth-order valence-electron chi connectivity index (χ4n) is 5.37. The topological polar surface area (TPSA) is 72.6 Å². The van der Waals surface area contributed by atoms with Crippen molar-refractivity contribution in [2.75, 3.05) is 19.8 Å². The second kappa shape index (κ2) is 14.6. The average Bonchev–Trinajstić information content (AvgIpc) is 3.63. The van der Waals surface area contributed by atoms with Gasteiger partial charge in [0.05, 0.1) is 31.0 Å². The molecule has 0 bridgehead atoms. The second-order valence-electron chi connectivity index (χ2n) is 14.2. The van der Waals surface area contributed by atoms with Gasteiger partial charge in [-0.15, -0.1) is 0 Å². The number of fused-ring (bicyclic) bond motifs is 1. The lowest BCUT2D eigenvalue weighted by Gasteiger charge is -2.36. The quantitative estimate of drug-likeness (QED) is 0.102. The Morgan fingerprint density at radius 2 is 1.87 bits per heavy atom. The molecule has 0 amide bonds. The normalized spacial score (nSPS) is 17.4. The van der Waals surface area contributed by atoms with Gasteiger partial charge in [-0.1, -0.05) is 58.0 Å². The summed E-state index contributed by atoms with van der Waals surface area (Å²) in [4.78, 5) is 0. The van der Waals surface area contributed by atoms with Crippen molar-refractivity contribution in [3.8, 4) is 17.0 Å². The molecule has 0 spiro atoms. The fraction of sp³-hybridized carbons (Fsp3) is 0.556. The van der Waals surface area contributed by atoms with Gasteiger partial charge in [-0.3, -0.25) is 4.68 Å². The molecule has 8 nitrogen and oxygen atoms in total. The number of ether oxygens (including phenoxy) is 3. The summed E-state index contributed by atoms with van der Waals surface area (Å²) < 4.78 is 28.9. The molecule has 1 saturated heterocycles. The smallest absolute Gasteiger partial charge is 0.250 e. The summed E-state index contributed by atoms with van der Waals surface area (Å²) in [6, 6.07) is 16.7. The van der Waals surface area contributed by atoms with Gasteiger partial charge in [0, 0.05) is 36.9 Å². The van der Waals surface area contributed by atoms with Crippen molar-refractivity contribution in [2.24, 2.45) is 5.92 Å². The minimum atomic E-state index is -2.00. The maximum Gasteiger partial charge on any atom is 0.250 e. The van der Waals surface area contributed by atoms with E-state index in [-0.39, 0.29) is 17.4 Å². The zero-order chi connectivity index (χ0) is 32.0. The Labute approximate surface area is 270 Å². The fourth-order valence-corrected chi connectivity index (χ4v) is 6.39. The first-order valence-electron chi connectivity index (χ1n) is 16.6. The van der Waals surface area contributed by atoms with Crippen molar-refractivity contribution >= 4 is 19.2 Å². The van der Waals surface area contributed by atoms with Crippen LogP contribution in [0.1, 0.15) is 72.1 Å². The van der Waals surface area contributed by atoms with E-state index in [1.807, 2.05) is 29.1 Å².